The molecule has 0 bridgehead atoms. The third-order valence-electron chi connectivity index (χ3n) is 8.23. The van der Waals surface area contributed by atoms with E-state index in [0.717, 1.165) is 50.5 Å². The van der Waals surface area contributed by atoms with Crippen molar-refractivity contribution in [3.63, 3.8) is 0 Å². The molecular formula is C27H37F3N2O2. The number of nitrogens with one attached hydrogen (secondary N) is 1. The first-order chi connectivity index (χ1) is 16.1. The highest BCUT2D eigenvalue weighted by molar-refractivity contribution is 5.84. The van der Waals surface area contributed by atoms with E-state index in [-0.39, 0.29) is 17.2 Å². The standard InChI is InChI=1S/C27H37F3N2O2/c1-18(2)26(11-7-23(16-26)31-24-10-14-34-17-19(24)3)25(33)32-12-8-20(9-13-32)21-5-4-6-22(15-21)27(28,29)30/h4-6,8,15,18-19,23-24,31H,7,9-14,16-17H2,1-3H3/t19?,23?,24?,26-/m0/s1. The van der Waals surface area contributed by atoms with Gasteiger partial charge in [-0.1, -0.05) is 39.0 Å². The molecule has 1 aromatic rings. The minimum atomic E-state index is -4.35. The molecule has 1 aliphatic carbocycles. The number of halogens is 3. The van der Waals surface area contributed by atoms with Gasteiger partial charge in [0.05, 0.1) is 17.6 Å². The molecule has 4 nitrogen and oxygen atoms in total. The fraction of sp³-hybridized carbons (Fsp3) is 0.667. The first-order valence-electron chi connectivity index (χ1n) is 12.6. The molecule has 0 radical (unpaired) electrons. The second kappa shape index (κ2) is 10.0. The molecule has 188 valence electrons. The van der Waals surface area contributed by atoms with Crippen LogP contribution in [0.2, 0.25) is 0 Å². The molecule has 7 heteroatoms. The predicted octanol–water partition coefficient (Wildman–Crippen LogP) is 5.53. The van der Waals surface area contributed by atoms with Crippen molar-refractivity contribution in [2.24, 2.45) is 17.3 Å². The number of alkyl halides is 3. The van der Waals surface area contributed by atoms with Gasteiger partial charge in [0.25, 0.3) is 0 Å². The zero-order chi connectivity index (χ0) is 24.5. The molecule has 1 aromatic carbocycles. The van der Waals surface area contributed by atoms with Crippen LogP contribution in [0.1, 0.15) is 64.0 Å². The molecule has 3 unspecified atom stereocenters. The first-order valence-corrected chi connectivity index (χ1v) is 12.6. The maximum Gasteiger partial charge on any atom is 0.416 e. The Morgan fingerprint density at radius 1 is 1.26 bits per heavy atom. The lowest BCUT2D eigenvalue weighted by Crippen LogP contribution is -2.49. The van der Waals surface area contributed by atoms with Crippen molar-refractivity contribution in [3.05, 3.63) is 41.5 Å². The van der Waals surface area contributed by atoms with Crippen molar-refractivity contribution in [2.45, 2.75) is 71.1 Å². The number of benzene rings is 1. The van der Waals surface area contributed by atoms with Crippen molar-refractivity contribution in [1.82, 2.24) is 10.2 Å². The number of rotatable bonds is 5. The lowest BCUT2D eigenvalue weighted by Gasteiger charge is -2.39. The van der Waals surface area contributed by atoms with Gasteiger partial charge in [0.15, 0.2) is 0 Å². The summed E-state index contributed by atoms with van der Waals surface area (Å²) >= 11 is 0. The fourth-order valence-corrected chi connectivity index (χ4v) is 5.94. The van der Waals surface area contributed by atoms with Crippen molar-refractivity contribution >= 4 is 11.5 Å². The minimum Gasteiger partial charge on any atom is -0.381 e. The molecular weight excluding hydrogens is 441 g/mol. The molecule has 2 fully saturated rings. The van der Waals surface area contributed by atoms with E-state index in [1.807, 2.05) is 11.0 Å². The molecule has 2 heterocycles. The van der Waals surface area contributed by atoms with Crippen molar-refractivity contribution < 1.29 is 22.7 Å². The van der Waals surface area contributed by atoms with E-state index in [0.29, 0.717) is 43.1 Å². The molecule has 1 amide bonds. The maximum atomic E-state index is 13.8. The van der Waals surface area contributed by atoms with Crippen LogP contribution in [0.15, 0.2) is 30.3 Å². The largest absolute Gasteiger partial charge is 0.416 e. The number of amides is 1. The van der Waals surface area contributed by atoms with Gasteiger partial charge in [-0.15, -0.1) is 0 Å². The van der Waals surface area contributed by atoms with Gasteiger partial charge >= 0.3 is 6.18 Å². The Labute approximate surface area is 200 Å². The highest BCUT2D eigenvalue weighted by Crippen LogP contribution is 2.46. The van der Waals surface area contributed by atoms with Gasteiger partial charge in [0.1, 0.15) is 0 Å². The Kier molecular flexibility index (Phi) is 7.44. The smallest absolute Gasteiger partial charge is 0.381 e. The monoisotopic (exact) mass is 478 g/mol. The highest BCUT2D eigenvalue weighted by atomic mass is 19.4. The summed E-state index contributed by atoms with van der Waals surface area (Å²) in [6.07, 6.45) is 1.87. The molecule has 1 N–H and O–H groups in total. The Morgan fingerprint density at radius 2 is 2.06 bits per heavy atom. The van der Waals surface area contributed by atoms with Crippen LogP contribution in [0.5, 0.6) is 0 Å². The summed E-state index contributed by atoms with van der Waals surface area (Å²) in [5, 5.41) is 3.83. The topological polar surface area (TPSA) is 41.6 Å². The third-order valence-corrected chi connectivity index (χ3v) is 8.23. The molecule has 0 aromatic heterocycles. The highest BCUT2D eigenvalue weighted by Gasteiger charge is 2.49. The lowest BCUT2D eigenvalue weighted by atomic mass is 9.74. The van der Waals surface area contributed by atoms with Gasteiger partial charge in [0.2, 0.25) is 5.91 Å². The number of hydrogen-bond donors (Lipinski definition) is 1. The normalized spacial score (nSPS) is 30.5. The van der Waals surface area contributed by atoms with Gasteiger partial charge < -0.3 is 15.0 Å². The molecule has 0 spiro atoms. The number of nitrogens with zero attached hydrogens (tertiary/aromatic N) is 1. The first kappa shape index (κ1) is 25.2. The number of ether oxygens (including phenoxy) is 1. The molecule has 2 aliphatic heterocycles. The number of carbonyl (C=O) groups excluding carboxylic acids is 1. The number of carbonyl (C=O) groups is 1. The van der Waals surface area contributed by atoms with Gasteiger partial charge in [0, 0.05) is 31.8 Å². The lowest BCUT2D eigenvalue weighted by molar-refractivity contribution is -0.144. The van der Waals surface area contributed by atoms with Gasteiger partial charge in [-0.05, 0) is 67.2 Å². The quantitative estimate of drug-likeness (QED) is 0.605. The molecule has 4 atom stereocenters. The van der Waals surface area contributed by atoms with Crippen LogP contribution < -0.4 is 5.32 Å². The average molecular weight is 479 g/mol. The number of hydrogen-bond acceptors (Lipinski definition) is 3. The predicted molar refractivity (Wildman–Crippen MR) is 127 cm³/mol. The second-order valence-corrected chi connectivity index (χ2v) is 10.7. The summed E-state index contributed by atoms with van der Waals surface area (Å²) < 4.78 is 44.9. The zero-order valence-electron chi connectivity index (χ0n) is 20.5. The van der Waals surface area contributed by atoms with E-state index >= 15 is 0 Å². The molecule has 3 aliphatic rings. The summed E-state index contributed by atoms with van der Waals surface area (Å²) in [7, 11) is 0. The Hall–Kier alpha value is -1.86. The SMILES string of the molecule is CC1COCCC1NC1CC[C@@](C(=O)N2CC=C(c3cccc(C(F)(F)F)c3)CC2)(C(C)C)C1. The molecule has 1 saturated carbocycles. The Morgan fingerprint density at radius 3 is 2.71 bits per heavy atom. The van der Waals surface area contributed by atoms with E-state index in [1.165, 1.54) is 12.1 Å². The van der Waals surface area contributed by atoms with Gasteiger partial charge in [-0.3, -0.25) is 4.79 Å². The van der Waals surface area contributed by atoms with Crippen LogP contribution in [0.25, 0.3) is 5.57 Å². The average Bonchev–Trinajstić information content (AvgIpc) is 3.25. The summed E-state index contributed by atoms with van der Waals surface area (Å²) in [5.74, 6) is 0.902. The Bertz CT molecular complexity index is 913. The van der Waals surface area contributed by atoms with Crippen molar-refractivity contribution in [3.8, 4) is 0 Å². The van der Waals surface area contributed by atoms with E-state index in [2.05, 4.69) is 26.1 Å². The second-order valence-electron chi connectivity index (χ2n) is 10.7. The van der Waals surface area contributed by atoms with Crippen molar-refractivity contribution in [2.75, 3.05) is 26.3 Å². The minimum absolute atomic E-state index is 0.200. The zero-order valence-corrected chi connectivity index (χ0v) is 20.5. The summed E-state index contributed by atoms with van der Waals surface area (Å²) in [5.41, 5.74) is 0.462. The molecule has 4 rings (SSSR count). The van der Waals surface area contributed by atoms with E-state index in [4.69, 9.17) is 4.74 Å². The van der Waals surface area contributed by atoms with E-state index in [9.17, 15) is 18.0 Å². The van der Waals surface area contributed by atoms with Gasteiger partial charge in [-0.25, -0.2) is 0 Å². The van der Waals surface area contributed by atoms with Crippen LogP contribution in [-0.4, -0.2) is 49.2 Å². The van der Waals surface area contributed by atoms with Crippen LogP contribution in [-0.2, 0) is 15.7 Å². The summed E-state index contributed by atoms with van der Waals surface area (Å²) in [4.78, 5) is 15.7. The summed E-state index contributed by atoms with van der Waals surface area (Å²) in [6, 6.07) is 6.25. The fourth-order valence-electron chi connectivity index (χ4n) is 5.94. The maximum absolute atomic E-state index is 13.8. The third kappa shape index (κ3) is 5.20. The van der Waals surface area contributed by atoms with Crippen LogP contribution >= 0.6 is 0 Å². The van der Waals surface area contributed by atoms with Crippen LogP contribution in [0.4, 0.5) is 13.2 Å². The van der Waals surface area contributed by atoms with E-state index in [1.54, 1.807) is 6.07 Å². The van der Waals surface area contributed by atoms with E-state index < -0.39 is 11.7 Å². The van der Waals surface area contributed by atoms with Gasteiger partial charge in [-0.2, -0.15) is 13.2 Å². The summed E-state index contributed by atoms with van der Waals surface area (Å²) in [6.45, 7) is 9.08. The van der Waals surface area contributed by atoms with Crippen molar-refractivity contribution in [1.29, 1.82) is 0 Å². The Balaban J connectivity index is 1.43. The molecule has 1 saturated heterocycles. The van der Waals surface area contributed by atoms with Crippen LogP contribution in [0, 0.1) is 17.3 Å². The molecule has 34 heavy (non-hydrogen) atoms. The van der Waals surface area contributed by atoms with Crippen LogP contribution in [0.3, 0.4) is 0 Å².